The number of nitrogens with zero attached hydrogens (tertiary/aromatic N) is 2. The van der Waals surface area contributed by atoms with Gasteiger partial charge in [-0.3, -0.25) is 9.59 Å². The third kappa shape index (κ3) is 2.39. The highest BCUT2D eigenvalue weighted by atomic mass is 16.5. The smallest absolute Gasteiger partial charge is 0.308 e. The molecule has 3 aromatic rings. The Morgan fingerprint density at radius 2 is 1.91 bits per heavy atom. The number of aryl methyl sites for hydroxylation is 2. The number of fused-ring (bicyclic) bond motifs is 1. The first-order valence-corrected chi connectivity index (χ1v) is 6.84. The highest BCUT2D eigenvalue weighted by Gasteiger charge is 2.13. The lowest BCUT2D eigenvalue weighted by atomic mass is 10.2. The van der Waals surface area contributed by atoms with E-state index < -0.39 is 0 Å². The Morgan fingerprint density at radius 3 is 2.55 bits per heavy atom. The maximum atomic E-state index is 12.1. The largest absolute Gasteiger partial charge is 0.427 e. The molecule has 6 heteroatoms. The van der Waals surface area contributed by atoms with Gasteiger partial charge in [0.2, 0.25) is 0 Å². The standard InChI is InChI=1S/C16H15N3O3/c1-9-8-14-15(16(21)17-9)10(2)18-19(14)12-4-6-13(7-5-12)22-11(3)20/h4-8H,1-3H3,(H,17,21). The number of H-pyrrole nitrogens is 1. The molecule has 0 aliphatic rings. The molecule has 0 aliphatic heterocycles. The second-order valence-corrected chi connectivity index (χ2v) is 5.13. The Hall–Kier alpha value is -2.89. The van der Waals surface area contributed by atoms with Gasteiger partial charge >= 0.3 is 5.97 Å². The lowest BCUT2D eigenvalue weighted by Gasteiger charge is -2.06. The molecule has 22 heavy (non-hydrogen) atoms. The number of nitrogens with one attached hydrogen (secondary N) is 1. The second kappa shape index (κ2) is 5.14. The summed E-state index contributed by atoms with van der Waals surface area (Å²) in [6.07, 6.45) is 0. The molecule has 2 heterocycles. The van der Waals surface area contributed by atoms with Gasteiger partial charge in [-0.15, -0.1) is 0 Å². The van der Waals surface area contributed by atoms with Crippen LogP contribution in [0.1, 0.15) is 18.3 Å². The average molecular weight is 297 g/mol. The topological polar surface area (TPSA) is 77.0 Å². The van der Waals surface area contributed by atoms with Crippen LogP contribution in [0, 0.1) is 13.8 Å². The summed E-state index contributed by atoms with van der Waals surface area (Å²) in [6, 6.07) is 8.86. The molecular weight excluding hydrogens is 282 g/mol. The maximum Gasteiger partial charge on any atom is 0.308 e. The minimum atomic E-state index is -0.365. The van der Waals surface area contributed by atoms with Crippen molar-refractivity contribution in [3.8, 4) is 11.4 Å². The molecule has 1 aromatic carbocycles. The lowest BCUT2D eigenvalue weighted by molar-refractivity contribution is -0.131. The molecule has 3 rings (SSSR count). The molecule has 0 radical (unpaired) electrons. The van der Waals surface area contributed by atoms with Crippen LogP contribution in [0.5, 0.6) is 5.75 Å². The summed E-state index contributed by atoms with van der Waals surface area (Å²) in [6.45, 7) is 4.99. The van der Waals surface area contributed by atoms with Crippen LogP contribution in [-0.2, 0) is 4.79 Å². The number of hydrogen-bond donors (Lipinski definition) is 1. The number of rotatable bonds is 2. The van der Waals surface area contributed by atoms with E-state index in [-0.39, 0.29) is 11.5 Å². The van der Waals surface area contributed by atoms with Crippen LogP contribution in [0.4, 0.5) is 0 Å². The number of hydrogen-bond acceptors (Lipinski definition) is 4. The summed E-state index contributed by atoms with van der Waals surface area (Å²) >= 11 is 0. The van der Waals surface area contributed by atoms with Crippen molar-refractivity contribution in [3.63, 3.8) is 0 Å². The molecule has 1 N–H and O–H groups in total. The molecule has 0 saturated carbocycles. The summed E-state index contributed by atoms with van der Waals surface area (Å²) in [4.78, 5) is 25.8. The number of carbonyl (C=O) groups excluding carboxylic acids is 1. The second-order valence-electron chi connectivity index (χ2n) is 5.13. The van der Waals surface area contributed by atoms with Crippen molar-refractivity contribution in [1.29, 1.82) is 0 Å². The highest BCUT2D eigenvalue weighted by Crippen LogP contribution is 2.21. The van der Waals surface area contributed by atoms with E-state index in [0.717, 1.165) is 16.9 Å². The summed E-state index contributed by atoms with van der Waals surface area (Å²) in [5.41, 5.74) is 2.84. The van der Waals surface area contributed by atoms with E-state index in [1.54, 1.807) is 35.9 Å². The number of benzene rings is 1. The average Bonchev–Trinajstić information content (AvgIpc) is 2.76. The van der Waals surface area contributed by atoms with Gasteiger partial charge in [0.1, 0.15) is 5.75 Å². The minimum Gasteiger partial charge on any atom is -0.427 e. The lowest BCUT2D eigenvalue weighted by Crippen LogP contribution is -2.08. The fraction of sp³-hybridized carbons (Fsp3) is 0.188. The van der Waals surface area contributed by atoms with Crippen molar-refractivity contribution < 1.29 is 9.53 Å². The SMILES string of the molecule is CC(=O)Oc1ccc(-n2nc(C)c3c(=O)[nH]c(C)cc32)cc1. The monoisotopic (exact) mass is 297 g/mol. The number of aromatic nitrogens is 3. The van der Waals surface area contributed by atoms with E-state index in [1.807, 2.05) is 13.0 Å². The van der Waals surface area contributed by atoms with E-state index in [4.69, 9.17) is 4.74 Å². The third-order valence-electron chi connectivity index (χ3n) is 3.33. The Morgan fingerprint density at radius 1 is 1.23 bits per heavy atom. The molecule has 6 nitrogen and oxygen atoms in total. The Bertz CT molecular complexity index is 920. The number of aromatic amines is 1. The van der Waals surface area contributed by atoms with Gasteiger partial charge in [0.15, 0.2) is 0 Å². The van der Waals surface area contributed by atoms with E-state index in [9.17, 15) is 9.59 Å². The van der Waals surface area contributed by atoms with E-state index in [0.29, 0.717) is 16.8 Å². The first kappa shape index (κ1) is 14.1. The third-order valence-corrected chi connectivity index (χ3v) is 3.33. The van der Waals surface area contributed by atoms with Crippen molar-refractivity contribution in [2.75, 3.05) is 0 Å². The molecule has 0 unspecified atom stereocenters. The predicted octanol–water partition coefficient (Wildman–Crippen LogP) is 2.26. The highest BCUT2D eigenvalue weighted by molar-refractivity contribution is 5.82. The fourth-order valence-corrected chi connectivity index (χ4v) is 2.46. The molecule has 0 aliphatic carbocycles. The quantitative estimate of drug-likeness (QED) is 0.581. The molecule has 0 amide bonds. The Balaban J connectivity index is 2.14. The van der Waals surface area contributed by atoms with Crippen molar-refractivity contribution in [2.45, 2.75) is 20.8 Å². The number of ether oxygens (including phenoxy) is 1. The predicted molar refractivity (Wildman–Crippen MR) is 82.5 cm³/mol. The Labute approximate surface area is 126 Å². The van der Waals surface area contributed by atoms with Crippen molar-refractivity contribution in [3.05, 3.63) is 52.1 Å². The van der Waals surface area contributed by atoms with E-state index >= 15 is 0 Å². The normalized spacial score (nSPS) is 10.9. The zero-order chi connectivity index (χ0) is 15.9. The Kier molecular flexibility index (Phi) is 3.29. The van der Waals surface area contributed by atoms with Crippen LogP contribution < -0.4 is 10.3 Å². The number of carbonyl (C=O) groups is 1. The molecular formula is C16H15N3O3. The molecule has 0 saturated heterocycles. The van der Waals surface area contributed by atoms with Crippen LogP contribution in [0.25, 0.3) is 16.6 Å². The summed E-state index contributed by atoms with van der Waals surface area (Å²) in [5, 5.41) is 5.02. The van der Waals surface area contributed by atoms with Gasteiger partial charge in [-0.25, -0.2) is 4.68 Å². The van der Waals surface area contributed by atoms with Gasteiger partial charge in [0, 0.05) is 12.6 Å². The van der Waals surface area contributed by atoms with Gasteiger partial charge < -0.3 is 9.72 Å². The molecule has 2 aromatic heterocycles. The molecule has 0 atom stereocenters. The van der Waals surface area contributed by atoms with E-state index in [2.05, 4.69) is 10.1 Å². The number of esters is 1. The van der Waals surface area contributed by atoms with Crippen LogP contribution in [-0.4, -0.2) is 20.7 Å². The van der Waals surface area contributed by atoms with Crippen LogP contribution >= 0.6 is 0 Å². The van der Waals surface area contributed by atoms with Gasteiger partial charge in [-0.05, 0) is 44.2 Å². The molecule has 0 spiro atoms. The first-order chi connectivity index (χ1) is 10.5. The zero-order valence-corrected chi connectivity index (χ0v) is 12.5. The van der Waals surface area contributed by atoms with E-state index in [1.165, 1.54) is 6.92 Å². The van der Waals surface area contributed by atoms with Gasteiger partial charge in [-0.2, -0.15) is 5.10 Å². The molecule has 0 bridgehead atoms. The van der Waals surface area contributed by atoms with Gasteiger partial charge in [0.05, 0.1) is 22.3 Å². The van der Waals surface area contributed by atoms with Gasteiger partial charge in [0.25, 0.3) is 5.56 Å². The minimum absolute atomic E-state index is 0.143. The molecule has 0 fully saturated rings. The maximum absolute atomic E-state index is 12.1. The van der Waals surface area contributed by atoms with Crippen LogP contribution in [0.2, 0.25) is 0 Å². The van der Waals surface area contributed by atoms with Crippen LogP contribution in [0.15, 0.2) is 35.1 Å². The fourth-order valence-electron chi connectivity index (χ4n) is 2.46. The summed E-state index contributed by atoms with van der Waals surface area (Å²) < 4.78 is 6.73. The number of pyridine rings is 1. The van der Waals surface area contributed by atoms with Crippen molar-refractivity contribution in [1.82, 2.24) is 14.8 Å². The van der Waals surface area contributed by atoms with Crippen molar-refractivity contribution in [2.24, 2.45) is 0 Å². The summed E-state index contributed by atoms with van der Waals surface area (Å²) in [5.74, 6) is 0.105. The zero-order valence-electron chi connectivity index (χ0n) is 12.5. The van der Waals surface area contributed by atoms with Crippen LogP contribution in [0.3, 0.4) is 0 Å². The van der Waals surface area contributed by atoms with Crippen molar-refractivity contribution >= 4 is 16.9 Å². The first-order valence-electron chi connectivity index (χ1n) is 6.84. The van der Waals surface area contributed by atoms with Gasteiger partial charge in [-0.1, -0.05) is 0 Å². The molecule has 112 valence electrons. The summed E-state index contributed by atoms with van der Waals surface area (Å²) in [7, 11) is 0.